The Morgan fingerprint density at radius 1 is 1.13 bits per heavy atom. The molecule has 0 aromatic heterocycles. The van der Waals surface area contributed by atoms with Gasteiger partial charge in [-0.25, -0.2) is 0 Å². The molecule has 0 aliphatic carbocycles. The standard InChI is InChI=1S/C14H15O/c1-11(10-15-2)13-8-7-12-5-3-4-6-14(12)9-13/h3-9,11H,2,10H2,1H3. The van der Waals surface area contributed by atoms with Crippen molar-refractivity contribution in [2.24, 2.45) is 0 Å². The van der Waals surface area contributed by atoms with Gasteiger partial charge in [0.25, 0.3) is 0 Å². The summed E-state index contributed by atoms with van der Waals surface area (Å²) in [7, 11) is 3.41. The Kier molecular flexibility index (Phi) is 3.02. The minimum Gasteiger partial charge on any atom is -0.378 e. The Labute approximate surface area is 90.7 Å². The Hall–Kier alpha value is -1.34. The van der Waals surface area contributed by atoms with Crippen LogP contribution in [0.1, 0.15) is 18.4 Å². The predicted octanol–water partition coefficient (Wildman–Crippen LogP) is 3.75. The Morgan fingerprint density at radius 3 is 2.60 bits per heavy atom. The van der Waals surface area contributed by atoms with E-state index in [9.17, 15) is 0 Å². The van der Waals surface area contributed by atoms with Crippen LogP contribution in [-0.4, -0.2) is 6.61 Å². The van der Waals surface area contributed by atoms with Gasteiger partial charge < -0.3 is 4.74 Å². The molecule has 0 aliphatic rings. The third-order valence-corrected chi connectivity index (χ3v) is 2.71. The summed E-state index contributed by atoms with van der Waals surface area (Å²) in [6, 6.07) is 14.9. The van der Waals surface area contributed by atoms with Crippen molar-refractivity contribution in [1.82, 2.24) is 0 Å². The maximum atomic E-state index is 4.92. The van der Waals surface area contributed by atoms with Crippen LogP contribution in [0.15, 0.2) is 42.5 Å². The zero-order chi connectivity index (χ0) is 10.7. The van der Waals surface area contributed by atoms with Crippen molar-refractivity contribution in [1.29, 1.82) is 0 Å². The van der Waals surface area contributed by atoms with Gasteiger partial charge in [0.05, 0.1) is 13.7 Å². The van der Waals surface area contributed by atoms with Crippen LogP contribution in [0.5, 0.6) is 0 Å². The molecule has 15 heavy (non-hydrogen) atoms. The maximum Gasteiger partial charge on any atom is 0.0700 e. The van der Waals surface area contributed by atoms with Gasteiger partial charge in [-0.1, -0.05) is 49.4 Å². The van der Waals surface area contributed by atoms with Crippen molar-refractivity contribution in [3.05, 3.63) is 55.1 Å². The van der Waals surface area contributed by atoms with Crippen LogP contribution in [0, 0.1) is 7.11 Å². The summed E-state index contributed by atoms with van der Waals surface area (Å²) in [4.78, 5) is 0. The predicted molar refractivity (Wildman–Crippen MR) is 63.7 cm³/mol. The molecule has 0 saturated heterocycles. The molecule has 1 atom stereocenters. The fourth-order valence-electron chi connectivity index (χ4n) is 1.79. The lowest BCUT2D eigenvalue weighted by Gasteiger charge is -2.11. The molecule has 0 saturated carbocycles. The van der Waals surface area contributed by atoms with E-state index in [0.717, 1.165) is 0 Å². The van der Waals surface area contributed by atoms with E-state index in [-0.39, 0.29) is 0 Å². The molecular formula is C14H15O. The highest BCUT2D eigenvalue weighted by atomic mass is 16.5. The van der Waals surface area contributed by atoms with Crippen LogP contribution < -0.4 is 0 Å². The van der Waals surface area contributed by atoms with Crippen molar-refractivity contribution in [2.75, 3.05) is 6.61 Å². The molecule has 0 N–H and O–H groups in total. The highest BCUT2D eigenvalue weighted by Gasteiger charge is 2.05. The summed E-state index contributed by atoms with van der Waals surface area (Å²) in [5, 5.41) is 2.56. The molecule has 1 unspecified atom stereocenters. The van der Waals surface area contributed by atoms with E-state index in [2.05, 4.69) is 56.5 Å². The fourth-order valence-corrected chi connectivity index (χ4v) is 1.79. The van der Waals surface area contributed by atoms with E-state index in [4.69, 9.17) is 4.74 Å². The largest absolute Gasteiger partial charge is 0.378 e. The van der Waals surface area contributed by atoms with Gasteiger partial charge in [-0.2, -0.15) is 0 Å². The van der Waals surface area contributed by atoms with Gasteiger partial charge in [0.1, 0.15) is 0 Å². The van der Waals surface area contributed by atoms with Gasteiger partial charge in [-0.15, -0.1) is 0 Å². The van der Waals surface area contributed by atoms with E-state index < -0.39 is 0 Å². The molecule has 0 amide bonds. The molecule has 0 aliphatic heterocycles. The van der Waals surface area contributed by atoms with Crippen LogP contribution in [0.25, 0.3) is 10.8 Å². The summed E-state index contributed by atoms with van der Waals surface area (Å²) >= 11 is 0. The first-order chi connectivity index (χ1) is 7.31. The molecule has 0 spiro atoms. The SMILES string of the molecule is [CH2]OCC(C)c1ccc2ccccc2c1. The minimum atomic E-state index is 0.395. The van der Waals surface area contributed by atoms with Crippen LogP contribution in [0.3, 0.4) is 0 Å². The zero-order valence-electron chi connectivity index (χ0n) is 8.94. The first-order valence-corrected chi connectivity index (χ1v) is 5.17. The highest BCUT2D eigenvalue weighted by Crippen LogP contribution is 2.21. The highest BCUT2D eigenvalue weighted by molar-refractivity contribution is 5.83. The first-order valence-electron chi connectivity index (χ1n) is 5.17. The number of rotatable bonds is 3. The average Bonchev–Trinajstić information content (AvgIpc) is 2.29. The topological polar surface area (TPSA) is 9.23 Å². The van der Waals surface area contributed by atoms with Crippen LogP contribution >= 0.6 is 0 Å². The number of hydrogen-bond acceptors (Lipinski definition) is 1. The molecule has 1 radical (unpaired) electrons. The van der Waals surface area contributed by atoms with Gasteiger partial charge in [-0.3, -0.25) is 0 Å². The van der Waals surface area contributed by atoms with Crippen molar-refractivity contribution in [3.8, 4) is 0 Å². The van der Waals surface area contributed by atoms with Gasteiger partial charge in [-0.05, 0) is 16.3 Å². The Bertz CT molecular complexity index is 448. The van der Waals surface area contributed by atoms with Crippen LogP contribution in [0.2, 0.25) is 0 Å². The molecule has 0 fully saturated rings. The summed E-state index contributed by atoms with van der Waals surface area (Å²) in [6.45, 7) is 2.81. The van der Waals surface area contributed by atoms with Gasteiger partial charge in [0, 0.05) is 5.92 Å². The molecule has 2 aromatic rings. The van der Waals surface area contributed by atoms with Gasteiger partial charge in [0.15, 0.2) is 0 Å². The average molecular weight is 199 g/mol. The van der Waals surface area contributed by atoms with E-state index in [1.165, 1.54) is 16.3 Å². The van der Waals surface area contributed by atoms with Crippen molar-refractivity contribution < 1.29 is 4.74 Å². The first kappa shape index (κ1) is 10.2. The zero-order valence-corrected chi connectivity index (χ0v) is 8.94. The summed E-state index contributed by atoms with van der Waals surface area (Å²) < 4.78 is 4.92. The monoisotopic (exact) mass is 199 g/mol. The molecular weight excluding hydrogens is 184 g/mol. The molecule has 1 nitrogen and oxygen atoms in total. The fraction of sp³-hybridized carbons (Fsp3) is 0.214. The summed E-state index contributed by atoms with van der Waals surface area (Å²) in [6.07, 6.45) is 0. The van der Waals surface area contributed by atoms with Crippen molar-refractivity contribution in [3.63, 3.8) is 0 Å². The normalized spacial score (nSPS) is 12.9. The molecule has 1 heteroatoms. The van der Waals surface area contributed by atoms with Crippen molar-refractivity contribution >= 4 is 10.8 Å². The van der Waals surface area contributed by atoms with Gasteiger partial charge in [0.2, 0.25) is 0 Å². The summed E-state index contributed by atoms with van der Waals surface area (Å²) in [5.74, 6) is 0.395. The quantitative estimate of drug-likeness (QED) is 0.731. The smallest absolute Gasteiger partial charge is 0.0700 e. The van der Waals surface area contributed by atoms with Crippen LogP contribution in [-0.2, 0) is 4.74 Å². The third kappa shape index (κ3) is 2.18. The molecule has 2 rings (SSSR count). The summed E-state index contributed by atoms with van der Waals surface area (Å²) in [5.41, 5.74) is 1.30. The van der Waals surface area contributed by atoms with Crippen LogP contribution in [0.4, 0.5) is 0 Å². The number of fused-ring (bicyclic) bond motifs is 1. The third-order valence-electron chi connectivity index (χ3n) is 2.71. The Balaban J connectivity index is 2.38. The molecule has 2 aromatic carbocycles. The van der Waals surface area contributed by atoms with Crippen molar-refractivity contribution in [2.45, 2.75) is 12.8 Å². The minimum absolute atomic E-state index is 0.395. The second-order valence-electron chi connectivity index (χ2n) is 3.88. The second-order valence-corrected chi connectivity index (χ2v) is 3.88. The molecule has 0 heterocycles. The maximum absolute atomic E-state index is 4.92. The molecule has 0 bridgehead atoms. The van der Waals surface area contributed by atoms with E-state index in [1.807, 2.05) is 0 Å². The van der Waals surface area contributed by atoms with Gasteiger partial charge >= 0.3 is 0 Å². The van der Waals surface area contributed by atoms with E-state index in [1.54, 1.807) is 0 Å². The van der Waals surface area contributed by atoms with E-state index >= 15 is 0 Å². The Morgan fingerprint density at radius 2 is 1.87 bits per heavy atom. The lowest BCUT2D eigenvalue weighted by molar-refractivity contribution is 0.225. The lowest BCUT2D eigenvalue weighted by atomic mass is 9.98. The molecule has 77 valence electrons. The number of benzene rings is 2. The number of ether oxygens (including phenoxy) is 1. The lowest BCUT2D eigenvalue weighted by Crippen LogP contribution is -2.00. The van der Waals surface area contributed by atoms with E-state index in [0.29, 0.717) is 12.5 Å². The number of hydrogen-bond donors (Lipinski definition) is 0. The second kappa shape index (κ2) is 4.45.